The number of amides is 1. The van der Waals surface area contributed by atoms with Crippen molar-refractivity contribution < 1.29 is 28.2 Å². The van der Waals surface area contributed by atoms with Gasteiger partial charge >= 0.3 is 11.9 Å². The molecule has 3 aromatic rings. The van der Waals surface area contributed by atoms with Crippen LogP contribution in [0, 0.1) is 16.6 Å². The van der Waals surface area contributed by atoms with Crippen LogP contribution in [0.2, 0.25) is 0 Å². The first-order valence-corrected chi connectivity index (χ1v) is 13.3. The molecule has 0 aliphatic heterocycles. The van der Waals surface area contributed by atoms with Crippen molar-refractivity contribution in [3.05, 3.63) is 87.4 Å². The minimum absolute atomic E-state index is 0.132. The second kappa shape index (κ2) is 13.1. The molecule has 0 radical (unpaired) electrons. The summed E-state index contributed by atoms with van der Waals surface area (Å²) in [6.07, 6.45) is 1.41. The number of amidine groups is 1. The lowest BCUT2D eigenvalue weighted by Crippen LogP contribution is -2.45. The highest BCUT2D eigenvalue weighted by Crippen LogP contribution is 2.35. The molecule has 3 N–H and O–H groups in total. The molecule has 1 aromatic heterocycles. The van der Waals surface area contributed by atoms with Gasteiger partial charge in [0.25, 0.3) is 0 Å². The molecule has 10 heteroatoms. The Labute approximate surface area is 231 Å². The first-order chi connectivity index (χ1) is 18.6. The van der Waals surface area contributed by atoms with E-state index >= 15 is 0 Å². The Morgan fingerprint density at radius 2 is 1.74 bits per heavy atom. The number of nitrogens with zero attached hydrogens (tertiary/aromatic N) is 1. The number of nitrogens with two attached hydrogens (primary N) is 1. The standard InChI is InChI=1S/C29H32FN3O5S/c1-4-29(5-2,28(36)33(3)17-25(34)37-18-19-9-7-6-8-10-19)16-21-12-14-24(39-21)27(35)38-23-13-11-20(26(31)32)15-22(23)30/h6-15H,4-5,16-18H2,1-3H3,(H3,31,32). The molecule has 0 fully saturated rings. The molecule has 0 aliphatic carbocycles. The van der Waals surface area contributed by atoms with Crippen LogP contribution in [0.3, 0.4) is 0 Å². The molecular formula is C29H32FN3O5S. The summed E-state index contributed by atoms with van der Waals surface area (Å²) in [4.78, 5) is 41.0. The van der Waals surface area contributed by atoms with E-state index in [4.69, 9.17) is 20.6 Å². The normalized spacial score (nSPS) is 11.1. The molecule has 1 amide bonds. The summed E-state index contributed by atoms with van der Waals surface area (Å²) in [5.74, 6) is -2.79. The van der Waals surface area contributed by atoms with Crippen LogP contribution in [-0.4, -0.2) is 42.2 Å². The highest BCUT2D eigenvalue weighted by atomic mass is 32.1. The first kappa shape index (κ1) is 29.5. The molecule has 3 rings (SSSR count). The lowest BCUT2D eigenvalue weighted by Gasteiger charge is -2.33. The van der Waals surface area contributed by atoms with E-state index in [0.29, 0.717) is 19.3 Å². The van der Waals surface area contributed by atoms with Gasteiger partial charge in [-0.25, -0.2) is 9.18 Å². The second-order valence-corrected chi connectivity index (χ2v) is 10.4. The molecule has 0 aliphatic rings. The average Bonchev–Trinajstić information content (AvgIpc) is 3.40. The number of rotatable bonds is 12. The van der Waals surface area contributed by atoms with Crippen LogP contribution in [0.1, 0.15) is 52.4 Å². The number of hydrogen-bond donors (Lipinski definition) is 2. The Bertz CT molecular complexity index is 1340. The van der Waals surface area contributed by atoms with Crippen LogP contribution >= 0.6 is 11.3 Å². The minimum atomic E-state index is -0.806. The Balaban J connectivity index is 1.64. The smallest absolute Gasteiger partial charge is 0.353 e. The predicted molar refractivity (Wildman–Crippen MR) is 147 cm³/mol. The molecule has 0 spiro atoms. The Kier molecular flexibility index (Phi) is 9.95. The summed E-state index contributed by atoms with van der Waals surface area (Å²) in [6.45, 7) is 3.79. The molecule has 0 unspecified atom stereocenters. The van der Waals surface area contributed by atoms with Gasteiger partial charge in [0.2, 0.25) is 5.91 Å². The number of nitrogen functional groups attached to an aromatic ring is 1. The number of carbonyl (C=O) groups is 3. The van der Waals surface area contributed by atoms with Crippen molar-refractivity contribution in [2.24, 2.45) is 11.1 Å². The number of esters is 2. The Hall–Kier alpha value is -4.05. The van der Waals surface area contributed by atoms with Gasteiger partial charge in [0.1, 0.15) is 23.9 Å². The number of halogens is 1. The topological polar surface area (TPSA) is 123 Å². The minimum Gasteiger partial charge on any atom is -0.459 e. The number of thiophene rings is 1. The van der Waals surface area contributed by atoms with Crippen molar-refractivity contribution in [1.29, 1.82) is 5.41 Å². The van der Waals surface area contributed by atoms with E-state index in [0.717, 1.165) is 16.5 Å². The van der Waals surface area contributed by atoms with Crippen molar-refractivity contribution in [3.8, 4) is 5.75 Å². The van der Waals surface area contributed by atoms with Crippen molar-refractivity contribution in [1.82, 2.24) is 4.90 Å². The Morgan fingerprint density at radius 1 is 1.05 bits per heavy atom. The van der Waals surface area contributed by atoms with Gasteiger partial charge in [-0.05, 0) is 55.2 Å². The van der Waals surface area contributed by atoms with E-state index in [-0.39, 0.29) is 41.1 Å². The first-order valence-electron chi connectivity index (χ1n) is 12.5. The van der Waals surface area contributed by atoms with Crippen molar-refractivity contribution in [2.75, 3.05) is 13.6 Å². The van der Waals surface area contributed by atoms with Crippen LogP contribution in [0.4, 0.5) is 4.39 Å². The van der Waals surface area contributed by atoms with E-state index in [9.17, 15) is 18.8 Å². The third-order valence-electron chi connectivity index (χ3n) is 6.58. The van der Waals surface area contributed by atoms with Gasteiger partial charge in [0.15, 0.2) is 11.6 Å². The summed E-state index contributed by atoms with van der Waals surface area (Å²) >= 11 is 1.17. The van der Waals surface area contributed by atoms with Crippen LogP contribution in [0.25, 0.3) is 0 Å². The zero-order chi connectivity index (χ0) is 28.6. The highest BCUT2D eigenvalue weighted by Gasteiger charge is 2.38. The maximum absolute atomic E-state index is 14.3. The molecule has 0 saturated heterocycles. The van der Waals surface area contributed by atoms with Gasteiger partial charge in [-0.15, -0.1) is 11.3 Å². The zero-order valence-corrected chi connectivity index (χ0v) is 23.0. The quantitative estimate of drug-likeness (QED) is 0.142. The van der Waals surface area contributed by atoms with Gasteiger partial charge in [-0.1, -0.05) is 44.2 Å². The molecule has 2 aromatic carbocycles. The number of hydrogen-bond acceptors (Lipinski definition) is 7. The van der Waals surface area contributed by atoms with Crippen LogP contribution in [-0.2, 0) is 27.4 Å². The molecule has 39 heavy (non-hydrogen) atoms. The number of nitrogens with one attached hydrogen (secondary N) is 1. The van der Waals surface area contributed by atoms with Crippen LogP contribution < -0.4 is 10.5 Å². The van der Waals surface area contributed by atoms with Gasteiger partial charge in [-0.2, -0.15) is 0 Å². The fourth-order valence-electron chi connectivity index (χ4n) is 4.15. The summed E-state index contributed by atoms with van der Waals surface area (Å²) in [5, 5.41) is 7.38. The lowest BCUT2D eigenvalue weighted by molar-refractivity contribution is -0.153. The molecule has 1 heterocycles. The summed E-state index contributed by atoms with van der Waals surface area (Å²) in [5.41, 5.74) is 5.62. The molecule has 206 valence electrons. The highest BCUT2D eigenvalue weighted by molar-refractivity contribution is 7.14. The molecule has 0 saturated carbocycles. The van der Waals surface area contributed by atoms with Crippen molar-refractivity contribution in [3.63, 3.8) is 0 Å². The van der Waals surface area contributed by atoms with Gasteiger partial charge in [-0.3, -0.25) is 15.0 Å². The summed E-state index contributed by atoms with van der Waals surface area (Å²) in [7, 11) is 1.58. The fourth-order valence-corrected chi connectivity index (χ4v) is 5.18. The van der Waals surface area contributed by atoms with Gasteiger partial charge in [0, 0.05) is 17.5 Å². The maximum Gasteiger partial charge on any atom is 0.353 e. The average molecular weight is 554 g/mol. The number of likely N-dealkylation sites (N-methyl/N-ethyl adjacent to an activating group) is 1. The fraction of sp³-hybridized carbons (Fsp3) is 0.310. The molecular weight excluding hydrogens is 521 g/mol. The van der Waals surface area contributed by atoms with E-state index in [2.05, 4.69) is 0 Å². The third-order valence-corrected chi connectivity index (χ3v) is 7.65. The maximum atomic E-state index is 14.3. The van der Waals surface area contributed by atoms with Gasteiger partial charge < -0.3 is 20.1 Å². The van der Waals surface area contributed by atoms with E-state index in [1.54, 1.807) is 19.2 Å². The number of benzene rings is 2. The van der Waals surface area contributed by atoms with Gasteiger partial charge in [0.05, 0.1) is 5.41 Å². The van der Waals surface area contributed by atoms with E-state index in [1.807, 2.05) is 44.2 Å². The van der Waals surface area contributed by atoms with E-state index < -0.39 is 23.2 Å². The third kappa shape index (κ3) is 7.51. The largest absolute Gasteiger partial charge is 0.459 e. The summed E-state index contributed by atoms with van der Waals surface area (Å²) < 4.78 is 24.8. The van der Waals surface area contributed by atoms with E-state index in [1.165, 1.54) is 28.4 Å². The lowest BCUT2D eigenvalue weighted by atomic mass is 9.77. The molecule has 8 nitrogen and oxygen atoms in total. The van der Waals surface area contributed by atoms with Crippen LogP contribution in [0.15, 0.2) is 60.7 Å². The van der Waals surface area contributed by atoms with Crippen molar-refractivity contribution >= 4 is 35.0 Å². The Morgan fingerprint density at radius 3 is 2.36 bits per heavy atom. The second-order valence-electron chi connectivity index (χ2n) is 9.19. The molecule has 0 atom stereocenters. The summed E-state index contributed by atoms with van der Waals surface area (Å²) in [6, 6.07) is 16.3. The van der Waals surface area contributed by atoms with Crippen LogP contribution in [0.5, 0.6) is 5.75 Å². The predicted octanol–water partition coefficient (Wildman–Crippen LogP) is 4.94. The number of carbonyl (C=O) groups excluding carboxylic acids is 3. The van der Waals surface area contributed by atoms with Crippen molar-refractivity contribution in [2.45, 2.75) is 39.7 Å². The zero-order valence-electron chi connectivity index (χ0n) is 22.2. The SMILES string of the molecule is CCC(CC)(Cc1ccc(C(=O)Oc2ccc(C(=N)N)cc2F)s1)C(=O)N(C)CC(=O)OCc1ccccc1. The molecule has 0 bridgehead atoms. The number of ether oxygens (including phenoxy) is 2. The monoisotopic (exact) mass is 553 g/mol.